The Hall–Kier alpha value is -2.04. The van der Waals surface area contributed by atoms with E-state index in [0.717, 1.165) is 0 Å². The van der Waals surface area contributed by atoms with Gasteiger partial charge in [-0.2, -0.15) is 0 Å². The first-order valence-corrected chi connectivity index (χ1v) is 4.86. The number of rotatable bonds is 1. The van der Waals surface area contributed by atoms with Crippen molar-refractivity contribution in [2.45, 2.75) is 6.92 Å². The summed E-state index contributed by atoms with van der Waals surface area (Å²) in [4.78, 5) is 3.81. The molecular formula is C12H9F3N2. The molecule has 0 unspecified atom stereocenters. The fraction of sp³-hybridized carbons (Fsp3) is 0.0833. The molecule has 1 heterocycles. The van der Waals surface area contributed by atoms with Crippen LogP contribution in [0.2, 0.25) is 0 Å². The van der Waals surface area contributed by atoms with Crippen molar-refractivity contribution < 1.29 is 13.2 Å². The number of anilines is 1. The van der Waals surface area contributed by atoms with Gasteiger partial charge in [-0.05, 0) is 18.6 Å². The molecule has 2 aromatic rings. The SMILES string of the molecule is Cc1cnc(N)c(-c2c(F)cc(F)cc2F)c1. The fourth-order valence-corrected chi connectivity index (χ4v) is 1.58. The molecule has 0 aliphatic rings. The summed E-state index contributed by atoms with van der Waals surface area (Å²) in [6.45, 7) is 1.72. The molecule has 0 fully saturated rings. The van der Waals surface area contributed by atoms with Gasteiger partial charge in [-0.25, -0.2) is 18.2 Å². The smallest absolute Gasteiger partial charge is 0.137 e. The zero-order valence-corrected chi connectivity index (χ0v) is 8.97. The number of pyridine rings is 1. The summed E-state index contributed by atoms with van der Waals surface area (Å²) in [6, 6.07) is 2.72. The summed E-state index contributed by atoms with van der Waals surface area (Å²) < 4.78 is 39.9. The van der Waals surface area contributed by atoms with E-state index in [1.165, 1.54) is 12.3 Å². The highest BCUT2D eigenvalue weighted by molar-refractivity contribution is 5.75. The van der Waals surface area contributed by atoms with Crippen molar-refractivity contribution in [3.8, 4) is 11.1 Å². The lowest BCUT2D eigenvalue weighted by Gasteiger charge is -2.08. The average Bonchev–Trinajstić information content (AvgIpc) is 2.21. The van der Waals surface area contributed by atoms with Crippen LogP contribution in [0.5, 0.6) is 0 Å². The predicted octanol–water partition coefficient (Wildman–Crippen LogP) is 3.06. The largest absolute Gasteiger partial charge is 0.383 e. The van der Waals surface area contributed by atoms with E-state index >= 15 is 0 Å². The Kier molecular flexibility index (Phi) is 2.75. The van der Waals surface area contributed by atoms with Gasteiger partial charge in [0, 0.05) is 23.9 Å². The first kappa shape index (κ1) is 11.4. The average molecular weight is 238 g/mol. The Labute approximate surface area is 95.9 Å². The number of nitrogens with zero attached hydrogens (tertiary/aromatic N) is 1. The number of aromatic nitrogens is 1. The summed E-state index contributed by atoms with van der Waals surface area (Å²) >= 11 is 0. The predicted molar refractivity (Wildman–Crippen MR) is 58.7 cm³/mol. The van der Waals surface area contributed by atoms with Gasteiger partial charge < -0.3 is 5.73 Å². The summed E-state index contributed by atoms with van der Waals surface area (Å²) in [5.74, 6) is -2.97. The second kappa shape index (κ2) is 4.08. The lowest BCUT2D eigenvalue weighted by atomic mass is 10.0. The number of aryl methyl sites for hydroxylation is 1. The maximum absolute atomic E-state index is 13.5. The van der Waals surface area contributed by atoms with Crippen LogP contribution in [-0.2, 0) is 0 Å². The van der Waals surface area contributed by atoms with Crippen LogP contribution >= 0.6 is 0 Å². The Morgan fingerprint density at radius 3 is 2.24 bits per heavy atom. The van der Waals surface area contributed by atoms with Crippen LogP contribution < -0.4 is 5.73 Å². The summed E-state index contributed by atoms with van der Waals surface area (Å²) in [7, 11) is 0. The highest BCUT2D eigenvalue weighted by Crippen LogP contribution is 2.30. The Balaban J connectivity index is 2.72. The maximum Gasteiger partial charge on any atom is 0.137 e. The van der Waals surface area contributed by atoms with Crippen LogP contribution in [0.25, 0.3) is 11.1 Å². The molecule has 0 atom stereocenters. The van der Waals surface area contributed by atoms with Gasteiger partial charge >= 0.3 is 0 Å². The lowest BCUT2D eigenvalue weighted by molar-refractivity contribution is 0.548. The minimum atomic E-state index is -0.999. The van der Waals surface area contributed by atoms with Gasteiger partial charge in [0.25, 0.3) is 0 Å². The van der Waals surface area contributed by atoms with Crippen LogP contribution in [0.15, 0.2) is 24.4 Å². The molecule has 0 saturated carbocycles. The third kappa shape index (κ3) is 2.08. The summed E-state index contributed by atoms with van der Waals surface area (Å²) in [6.07, 6.45) is 1.48. The molecule has 2 N–H and O–H groups in total. The van der Waals surface area contributed by atoms with Crippen molar-refractivity contribution in [3.05, 3.63) is 47.4 Å². The van der Waals surface area contributed by atoms with E-state index in [0.29, 0.717) is 17.7 Å². The number of hydrogen-bond donors (Lipinski definition) is 1. The van der Waals surface area contributed by atoms with E-state index in [9.17, 15) is 13.2 Å². The number of hydrogen-bond acceptors (Lipinski definition) is 2. The monoisotopic (exact) mass is 238 g/mol. The van der Waals surface area contributed by atoms with Gasteiger partial charge in [0.1, 0.15) is 23.3 Å². The second-order valence-corrected chi connectivity index (χ2v) is 3.69. The first-order chi connectivity index (χ1) is 7.99. The van der Waals surface area contributed by atoms with Gasteiger partial charge in [0.2, 0.25) is 0 Å². The van der Waals surface area contributed by atoms with Crippen LogP contribution in [0.3, 0.4) is 0 Å². The topological polar surface area (TPSA) is 38.9 Å². The Bertz CT molecular complexity index is 559. The third-order valence-corrected chi connectivity index (χ3v) is 2.33. The molecule has 0 spiro atoms. The number of nitrogens with two attached hydrogens (primary N) is 1. The van der Waals surface area contributed by atoms with E-state index in [1.54, 1.807) is 6.92 Å². The standard InChI is InChI=1S/C12H9F3N2/c1-6-2-8(12(16)17-5-6)11-9(14)3-7(13)4-10(11)15/h2-5H,1H3,(H2,16,17). The molecule has 2 nitrogen and oxygen atoms in total. The van der Waals surface area contributed by atoms with Crippen molar-refractivity contribution in [1.29, 1.82) is 0 Å². The van der Waals surface area contributed by atoms with Crippen molar-refractivity contribution in [2.24, 2.45) is 0 Å². The Morgan fingerprint density at radius 1 is 1.06 bits per heavy atom. The van der Waals surface area contributed by atoms with Crippen molar-refractivity contribution in [2.75, 3.05) is 5.73 Å². The van der Waals surface area contributed by atoms with Crippen molar-refractivity contribution >= 4 is 5.82 Å². The minimum Gasteiger partial charge on any atom is -0.383 e. The summed E-state index contributed by atoms with van der Waals surface area (Å²) in [5, 5.41) is 0. The molecule has 0 saturated heterocycles. The van der Waals surface area contributed by atoms with Crippen LogP contribution in [0.4, 0.5) is 19.0 Å². The van der Waals surface area contributed by atoms with Crippen molar-refractivity contribution in [1.82, 2.24) is 4.98 Å². The van der Waals surface area contributed by atoms with E-state index in [-0.39, 0.29) is 16.9 Å². The van der Waals surface area contributed by atoms with Gasteiger partial charge in [0.05, 0.1) is 5.56 Å². The molecule has 0 radical (unpaired) electrons. The van der Waals surface area contributed by atoms with Crippen LogP contribution in [0.1, 0.15) is 5.56 Å². The fourth-order valence-electron chi connectivity index (χ4n) is 1.58. The summed E-state index contributed by atoms with van der Waals surface area (Å²) in [5.41, 5.74) is 6.03. The number of nitrogen functional groups attached to an aromatic ring is 1. The van der Waals surface area contributed by atoms with E-state index in [1.807, 2.05) is 0 Å². The van der Waals surface area contributed by atoms with E-state index in [4.69, 9.17) is 5.73 Å². The molecule has 5 heteroatoms. The Morgan fingerprint density at radius 2 is 1.65 bits per heavy atom. The second-order valence-electron chi connectivity index (χ2n) is 3.69. The number of halogens is 3. The van der Waals surface area contributed by atoms with Gasteiger partial charge in [-0.1, -0.05) is 0 Å². The molecule has 17 heavy (non-hydrogen) atoms. The zero-order chi connectivity index (χ0) is 12.6. The first-order valence-electron chi connectivity index (χ1n) is 4.86. The zero-order valence-electron chi connectivity index (χ0n) is 8.97. The normalized spacial score (nSPS) is 10.6. The lowest BCUT2D eigenvalue weighted by Crippen LogP contribution is -1.99. The molecule has 88 valence electrons. The molecular weight excluding hydrogens is 229 g/mol. The van der Waals surface area contributed by atoms with Crippen LogP contribution in [-0.4, -0.2) is 4.98 Å². The van der Waals surface area contributed by atoms with Crippen LogP contribution in [0, 0.1) is 24.4 Å². The van der Waals surface area contributed by atoms with Crippen molar-refractivity contribution in [3.63, 3.8) is 0 Å². The van der Waals surface area contributed by atoms with Gasteiger partial charge in [-0.3, -0.25) is 0 Å². The highest BCUT2D eigenvalue weighted by Gasteiger charge is 2.16. The molecule has 2 rings (SSSR count). The third-order valence-electron chi connectivity index (χ3n) is 2.33. The molecule has 0 aliphatic carbocycles. The van der Waals surface area contributed by atoms with E-state index in [2.05, 4.69) is 4.98 Å². The van der Waals surface area contributed by atoms with Gasteiger partial charge in [-0.15, -0.1) is 0 Å². The highest BCUT2D eigenvalue weighted by atomic mass is 19.1. The quantitative estimate of drug-likeness (QED) is 0.829. The molecule has 0 bridgehead atoms. The molecule has 0 amide bonds. The molecule has 1 aromatic carbocycles. The molecule has 0 aliphatic heterocycles. The minimum absolute atomic E-state index is 0.00000756. The van der Waals surface area contributed by atoms with Gasteiger partial charge in [0.15, 0.2) is 0 Å². The molecule has 1 aromatic heterocycles. The maximum atomic E-state index is 13.5. The van der Waals surface area contributed by atoms with E-state index < -0.39 is 17.5 Å². The number of benzene rings is 1.